The fourth-order valence-electron chi connectivity index (χ4n) is 1.14. The van der Waals surface area contributed by atoms with E-state index in [1.165, 1.54) is 12.1 Å². The first kappa shape index (κ1) is 12.4. The Morgan fingerprint density at radius 2 is 2.31 bits per heavy atom. The van der Waals surface area contributed by atoms with Crippen LogP contribution in [0.2, 0.25) is 0 Å². The second-order valence-electron chi connectivity index (χ2n) is 3.59. The van der Waals surface area contributed by atoms with Gasteiger partial charge in [-0.1, -0.05) is 6.07 Å². The Morgan fingerprint density at radius 1 is 1.62 bits per heavy atom. The molecule has 0 aromatic heterocycles. The van der Waals surface area contributed by atoms with Crippen LogP contribution < -0.4 is 11.1 Å². The summed E-state index contributed by atoms with van der Waals surface area (Å²) in [7, 11) is 0. The maximum absolute atomic E-state index is 10.5. The molecular weight excluding hydrogens is 210 g/mol. The molecule has 0 aliphatic rings. The van der Waals surface area contributed by atoms with Gasteiger partial charge in [-0.05, 0) is 13.0 Å². The molecule has 6 heteroatoms. The molecule has 4 N–H and O–H groups in total. The van der Waals surface area contributed by atoms with Crippen molar-refractivity contribution in [2.75, 3.05) is 11.9 Å². The highest BCUT2D eigenvalue weighted by Crippen LogP contribution is 2.16. The van der Waals surface area contributed by atoms with Crippen LogP contribution in [0.4, 0.5) is 11.4 Å². The summed E-state index contributed by atoms with van der Waals surface area (Å²) in [4.78, 5) is 10.1. The molecule has 1 aromatic carbocycles. The average molecular weight is 225 g/mol. The van der Waals surface area contributed by atoms with Gasteiger partial charge in [-0.3, -0.25) is 10.1 Å². The van der Waals surface area contributed by atoms with Gasteiger partial charge in [0, 0.05) is 30.4 Å². The molecule has 16 heavy (non-hydrogen) atoms. The zero-order chi connectivity index (χ0) is 12.1. The lowest BCUT2D eigenvalue weighted by atomic mass is 10.2. The van der Waals surface area contributed by atoms with Crippen molar-refractivity contribution in [3.63, 3.8) is 0 Å². The lowest BCUT2D eigenvalue weighted by molar-refractivity contribution is -0.384. The number of nitrogens with zero attached hydrogens (tertiary/aromatic N) is 1. The predicted molar refractivity (Wildman–Crippen MR) is 61.2 cm³/mol. The molecule has 0 saturated carbocycles. The second kappa shape index (κ2) is 5.43. The summed E-state index contributed by atoms with van der Waals surface area (Å²) in [6.45, 7) is 1.96. The Balaban J connectivity index is 2.61. The molecule has 1 aromatic rings. The summed E-state index contributed by atoms with van der Waals surface area (Å²) in [5, 5.41) is 22.6. The van der Waals surface area contributed by atoms with Crippen LogP contribution in [0.25, 0.3) is 0 Å². The predicted octanol–water partition coefficient (Wildman–Crippen LogP) is 0.715. The Labute approximate surface area is 93.2 Å². The van der Waals surface area contributed by atoms with Crippen LogP contribution in [0.3, 0.4) is 0 Å². The maximum Gasteiger partial charge on any atom is 0.271 e. The second-order valence-corrected chi connectivity index (χ2v) is 3.59. The lowest BCUT2D eigenvalue weighted by Crippen LogP contribution is -2.38. The van der Waals surface area contributed by atoms with Crippen LogP contribution in [-0.4, -0.2) is 28.7 Å². The van der Waals surface area contributed by atoms with Gasteiger partial charge in [-0.2, -0.15) is 0 Å². The number of aliphatic hydroxyl groups is 1. The number of non-ortho nitro benzene ring substituents is 1. The van der Waals surface area contributed by atoms with E-state index in [0.29, 0.717) is 12.2 Å². The van der Waals surface area contributed by atoms with E-state index in [-0.39, 0.29) is 5.69 Å². The van der Waals surface area contributed by atoms with E-state index in [1.54, 1.807) is 19.1 Å². The fourth-order valence-corrected chi connectivity index (χ4v) is 1.14. The molecule has 0 aliphatic heterocycles. The molecule has 0 saturated heterocycles. The summed E-state index contributed by atoms with van der Waals surface area (Å²) in [5.74, 6) is 0. The highest BCUT2D eigenvalue weighted by molar-refractivity contribution is 5.50. The van der Waals surface area contributed by atoms with Crippen molar-refractivity contribution < 1.29 is 10.0 Å². The zero-order valence-electron chi connectivity index (χ0n) is 8.96. The Bertz CT molecular complexity index is 368. The van der Waals surface area contributed by atoms with Crippen molar-refractivity contribution in [2.24, 2.45) is 5.73 Å². The van der Waals surface area contributed by atoms with Gasteiger partial charge in [0.15, 0.2) is 0 Å². The van der Waals surface area contributed by atoms with Gasteiger partial charge in [0.1, 0.15) is 0 Å². The molecule has 0 bridgehead atoms. The van der Waals surface area contributed by atoms with Crippen molar-refractivity contribution in [1.82, 2.24) is 0 Å². The first-order valence-corrected chi connectivity index (χ1v) is 4.92. The number of nitrogens with two attached hydrogens (primary N) is 1. The number of anilines is 1. The molecule has 0 amide bonds. The first-order chi connectivity index (χ1) is 7.50. The maximum atomic E-state index is 10.5. The summed E-state index contributed by atoms with van der Waals surface area (Å²) >= 11 is 0. The third-order valence-electron chi connectivity index (χ3n) is 2.22. The van der Waals surface area contributed by atoms with E-state index < -0.39 is 17.1 Å². The van der Waals surface area contributed by atoms with Gasteiger partial charge in [-0.15, -0.1) is 0 Å². The van der Waals surface area contributed by atoms with Crippen LogP contribution >= 0.6 is 0 Å². The standard InChI is InChI=1S/C10H15N3O3/c1-7(14)10(11)6-12-8-3-2-4-9(5-8)13(15)16/h2-5,7,10,12,14H,6,11H2,1H3. The molecular formula is C10H15N3O3. The minimum Gasteiger partial charge on any atom is -0.392 e. The number of nitro benzene ring substituents is 1. The van der Waals surface area contributed by atoms with E-state index in [0.717, 1.165) is 0 Å². The highest BCUT2D eigenvalue weighted by Gasteiger charge is 2.10. The molecule has 6 nitrogen and oxygen atoms in total. The minimum atomic E-state index is -0.619. The number of nitro groups is 1. The molecule has 88 valence electrons. The molecule has 1 rings (SSSR count). The molecule has 0 fully saturated rings. The van der Waals surface area contributed by atoms with E-state index >= 15 is 0 Å². The minimum absolute atomic E-state index is 0.0237. The number of hydrogen-bond acceptors (Lipinski definition) is 5. The SMILES string of the molecule is CC(O)C(N)CNc1cccc([N+](=O)[O-])c1. The number of rotatable bonds is 5. The van der Waals surface area contributed by atoms with Gasteiger partial charge in [0.25, 0.3) is 5.69 Å². The Hall–Kier alpha value is -1.66. The molecule has 2 atom stereocenters. The molecule has 0 spiro atoms. The third kappa shape index (κ3) is 3.48. The Morgan fingerprint density at radius 3 is 2.88 bits per heavy atom. The largest absolute Gasteiger partial charge is 0.392 e. The van der Waals surface area contributed by atoms with Crippen LogP contribution in [-0.2, 0) is 0 Å². The Kier molecular flexibility index (Phi) is 4.21. The van der Waals surface area contributed by atoms with Gasteiger partial charge in [0.2, 0.25) is 0 Å². The number of aliphatic hydroxyl groups excluding tert-OH is 1. The van der Waals surface area contributed by atoms with E-state index in [2.05, 4.69) is 5.32 Å². The molecule has 0 aliphatic carbocycles. The normalized spacial score (nSPS) is 14.2. The summed E-state index contributed by atoms with van der Waals surface area (Å²) in [6.07, 6.45) is -0.619. The van der Waals surface area contributed by atoms with Gasteiger partial charge >= 0.3 is 0 Å². The van der Waals surface area contributed by atoms with Gasteiger partial charge in [-0.25, -0.2) is 0 Å². The smallest absolute Gasteiger partial charge is 0.271 e. The molecule has 0 radical (unpaired) electrons. The summed E-state index contributed by atoms with van der Waals surface area (Å²) in [5.41, 5.74) is 6.26. The third-order valence-corrected chi connectivity index (χ3v) is 2.22. The number of benzene rings is 1. The van der Waals surface area contributed by atoms with Crippen molar-refractivity contribution in [2.45, 2.75) is 19.1 Å². The van der Waals surface area contributed by atoms with Crippen molar-refractivity contribution in [3.8, 4) is 0 Å². The van der Waals surface area contributed by atoms with Crippen LogP contribution in [0.5, 0.6) is 0 Å². The van der Waals surface area contributed by atoms with Crippen molar-refractivity contribution in [1.29, 1.82) is 0 Å². The average Bonchev–Trinajstić information content (AvgIpc) is 2.26. The van der Waals surface area contributed by atoms with Crippen molar-refractivity contribution in [3.05, 3.63) is 34.4 Å². The van der Waals surface area contributed by atoms with Crippen LogP contribution in [0, 0.1) is 10.1 Å². The highest BCUT2D eigenvalue weighted by atomic mass is 16.6. The summed E-state index contributed by atoms with van der Waals surface area (Å²) in [6, 6.07) is 5.74. The monoisotopic (exact) mass is 225 g/mol. The molecule has 2 unspecified atom stereocenters. The fraction of sp³-hybridized carbons (Fsp3) is 0.400. The first-order valence-electron chi connectivity index (χ1n) is 4.92. The van der Waals surface area contributed by atoms with E-state index in [1.807, 2.05) is 0 Å². The van der Waals surface area contributed by atoms with Crippen LogP contribution in [0.1, 0.15) is 6.92 Å². The molecule has 0 heterocycles. The quantitative estimate of drug-likeness (QED) is 0.506. The van der Waals surface area contributed by atoms with E-state index in [9.17, 15) is 10.1 Å². The van der Waals surface area contributed by atoms with E-state index in [4.69, 9.17) is 10.8 Å². The van der Waals surface area contributed by atoms with Crippen LogP contribution in [0.15, 0.2) is 24.3 Å². The van der Waals surface area contributed by atoms with Gasteiger partial charge < -0.3 is 16.2 Å². The zero-order valence-corrected chi connectivity index (χ0v) is 8.96. The number of hydrogen-bond donors (Lipinski definition) is 3. The van der Waals surface area contributed by atoms with Crippen molar-refractivity contribution >= 4 is 11.4 Å². The number of nitrogens with one attached hydrogen (secondary N) is 1. The lowest BCUT2D eigenvalue weighted by Gasteiger charge is -2.15. The summed E-state index contributed by atoms with van der Waals surface area (Å²) < 4.78 is 0. The van der Waals surface area contributed by atoms with Gasteiger partial charge in [0.05, 0.1) is 11.0 Å². The topological polar surface area (TPSA) is 101 Å².